The number of aromatic carboxylic acids is 1. The molecule has 4 rings (SSSR count). The van der Waals surface area contributed by atoms with Gasteiger partial charge in [-0.25, -0.2) is 9.78 Å². The molecule has 0 atom stereocenters. The van der Waals surface area contributed by atoms with Crippen LogP contribution in [-0.4, -0.2) is 26.5 Å². The highest BCUT2D eigenvalue weighted by atomic mass is 32.1. The summed E-state index contributed by atoms with van der Waals surface area (Å²) in [6, 6.07) is 15.4. The molecular weight excluding hydrogens is 402 g/mol. The number of aromatic nitrogens is 2. The van der Waals surface area contributed by atoms with Crippen LogP contribution in [0.25, 0.3) is 10.2 Å². The molecule has 7 nitrogen and oxygen atoms in total. The fourth-order valence-corrected chi connectivity index (χ4v) is 4.18. The van der Waals surface area contributed by atoms with Crippen molar-refractivity contribution in [2.75, 3.05) is 5.32 Å². The largest absolute Gasteiger partial charge is 0.478 e. The Labute approximate surface area is 175 Å². The molecule has 0 spiro atoms. The van der Waals surface area contributed by atoms with Crippen molar-refractivity contribution < 1.29 is 14.7 Å². The topological polar surface area (TPSA) is 101 Å². The van der Waals surface area contributed by atoms with Gasteiger partial charge in [0, 0.05) is 5.69 Å². The van der Waals surface area contributed by atoms with E-state index in [-0.39, 0.29) is 23.6 Å². The van der Waals surface area contributed by atoms with E-state index in [1.54, 1.807) is 31.2 Å². The summed E-state index contributed by atoms with van der Waals surface area (Å²) in [6.07, 6.45) is 1.45. The van der Waals surface area contributed by atoms with Crippen LogP contribution in [0.3, 0.4) is 0 Å². The van der Waals surface area contributed by atoms with Gasteiger partial charge in [0.1, 0.15) is 4.83 Å². The van der Waals surface area contributed by atoms with E-state index in [1.807, 2.05) is 18.2 Å². The number of aryl methyl sites for hydroxylation is 1. The number of hydrogen-bond donors (Lipinski definition) is 2. The van der Waals surface area contributed by atoms with Gasteiger partial charge in [-0.1, -0.05) is 30.3 Å². The molecule has 2 aromatic heterocycles. The fraction of sp³-hybridized carbons (Fsp3) is 0.0909. The molecule has 0 aliphatic rings. The number of rotatable bonds is 5. The van der Waals surface area contributed by atoms with Crippen LogP contribution >= 0.6 is 11.3 Å². The molecule has 0 radical (unpaired) electrons. The van der Waals surface area contributed by atoms with Crippen LogP contribution in [0.4, 0.5) is 5.69 Å². The van der Waals surface area contributed by atoms with Crippen molar-refractivity contribution in [3.63, 3.8) is 0 Å². The second kappa shape index (κ2) is 7.92. The van der Waals surface area contributed by atoms with Gasteiger partial charge in [-0.2, -0.15) is 0 Å². The summed E-state index contributed by atoms with van der Waals surface area (Å²) in [5.74, 6) is -1.28. The van der Waals surface area contributed by atoms with Gasteiger partial charge in [0.2, 0.25) is 0 Å². The Hall–Kier alpha value is -3.78. The minimum atomic E-state index is -1.00. The zero-order chi connectivity index (χ0) is 21.3. The third-order valence-corrected chi connectivity index (χ3v) is 5.91. The molecule has 2 aromatic carbocycles. The van der Waals surface area contributed by atoms with Gasteiger partial charge in [0.25, 0.3) is 11.5 Å². The second-order valence-corrected chi connectivity index (χ2v) is 7.74. The summed E-state index contributed by atoms with van der Waals surface area (Å²) in [5.41, 5.74) is 1.99. The maximum absolute atomic E-state index is 13.0. The Bertz CT molecular complexity index is 1310. The van der Waals surface area contributed by atoms with Crippen molar-refractivity contribution in [3.05, 3.63) is 92.8 Å². The Kier molecular flexibility index (Phi) is 5.16. The van der Waals surface area contributed by atoms with Gasteiger partial charge in [0.05, 0.1) is 28.7 Å². The first kappa shape index (κ1) is 19.5. The third kappa shape index (κ3) is 3.72. The van der Waals surface area contributed by atoms with Crippen LogP contribution < -0.4 is 10.9 Å². The predicted octanol–water partition coefficient (Wildman–Crippen LogP) is 3.77. The molecule has 30 heavy (non-hydrogen) atoms. The number of nitrogens with one attached hydrogen (secondary N) is 1. The quantitative estimate of drug-likeness (QED) is 0.513. The monoisotopic (exact) mass is 419 g/mol. The lowest BCUT2D eigenvalue weighted by Crippen LogP contribution is -2.21. The highest BCUT2D eigenvalue weighted by molar-refractivity contribution is 7.20. The molecule has 2 heterocycles. The Morgan fingerprint density at radius 3 is 2.47 bits per heavy atom. The number of nitrogens with zero attached hydrogens (tertiary/aromatic N) is 2. The lowest BCUT2D eigenvalue weighted by Gasteiger charge is -2.06. The van der Waals surface area contributed by atoms with Crippen molar-refractivity contribution in [1.82, 2.24) is 9.55 Å². The van der Waals surface area contributed by atoms with Crippen LogP contribution in [-0.2, 0) is 6.54 Å². The van der Waals surface area contributed by atoms with Crippen molar-refractivity contribution in [2.24, 2.45) is 0 Å². The maximum atomic E-state index is 13.0. The average molecular weight is 419 g/mol. The Morgan fingerprint density at radius 1 is 1.10 bits per heavy atom. The van der Waals surface area contributed by atoms with Crippen molar-refractivity contribution in [3.8, 4) is 0 Å². The molecule has 0 saturated carbocycles. The second-order valence-electron chi connectivity index (χ2n) is 6.74. The van der Waals surface area contributed by atoms with E-state index in [9.17, 15) is 14.4 Å². The molecule has 0 aliphatic carbocycles. The standard InChI is InChI=1S/C22H17N3O4S/c1-13-17-20(30-18(13)19(26)24-16-5-3-2-4-6-16)23-12-25(21(17)27)11-14-7-9-15(10-8-14)22(28)29/h2-10,12H,11H2,1H3,(H,24,26)(H,28,29). The number of para-hydroxylation sites is 1. The van der Waals surface area contributed by atoms with Crippen LogP contribution in [0.5, 0.6) is 0 Å². The number of carbonyl (C=O) groups excluding carboxylic acids is 1. The van der Waals surface area contributed by atoms with Crippen LogP contribution in [0.2, 0.25) is 0 Å². The summed E-state index contributed by atoms with van der Waals surface area (Å²) in [7, 11) is 0. The first-order valence-corrected chi connectivity index (χ1v) is 9.93. The predicted molar refractivity (Wildman–Crippen MR) is 116 cm³/mol. The molecule has 0 fully saturated rings. The Balaban J connectivity index is 1.65. The van der Waals surface area contributed by atoms with E-state index in [4.69, 9.17) is 5.11 Å². The SMILES string of the molecule is Cc1c(C(=O)Nc2ccccc2)sc2ncn(Cc3ccc(C(=O)O)cc3)c(=O)c12. The van der Waals surface area contributed by atoms with E-state index in [0.29, 0.717) is 26.3 Å². The van der Waals surface area contributed by atoms with E-state index >= 15 is 0 Å². The lowest BCUT2D eigenvalue weighted by molar-refractivity contribution is 0.0696. The summed E-state index contributed by atoms with van der Waals surface area (Å²) in [5, 5.41) is 12.3. The van der Waals surface area contributed by atoms with E-state index in [0.717, 1.165) is 5.56 Å². The molecule has 150 valence electrons. The highest BCUT2D eigenvalue weighted by Crippen LogP contribution is 2.27. The zero-order valence-corrected chi connectivity index (χ0v) is 16.8. The number of carbonyl (C=O) groups is 2. The summed E-state index contributed by atoms with van der Waals surface area (Å²) in [4.78, 5) is 42.0. The van der Waals surface area contributed by atoms with E-state index in [1.165, 1.54) is 34.4 Å². The number of thiophene rings is 1. The van der Waals surface area contributed by atoms with Gasteiger partial charge >= 0.3 is 5.97 Å². The molecule has 2 N–H and O–H groups in total. The molecule has 4 aromatic rings. The van der Waals surface area contributed by atoms with Crippen LogP contribution in [0, 0.1) is 6.92 Å². The van der Waals surface area contributed by atoms with Gasteiger partial charge in [-0.15, -0.1) is 11.3 Å². The fourth-order valence-electron chi connectivity index (χ4n) is 3.15. The molecular formula is C22H17N3O4S. The van der Waals surface area contributed by atoms with Crippen molar-refractivity contribution >= 4 is 39.1 Å². The molecule has 1 amide bonds. The number of fused-ring (bicyclic) bond motifs is 1. The minimum Gasteiger partial charge on any atom is -0.478 e. The smallest absolute Gasteiger partial charge is 0.335 e. The third-order valence-electron chi connectivity index (χ3n) is 4.71. The highest BCUT2D eigenvalue weighted by Gasteiger charge is 2.19. The van der Waals surface area contributed by atoms with Gasteiger partial charge < -0.3 is 10.4 Å². The summed E-state index contributed by atoms with van der Waals surface area (Å²) >= 11 is 1.18. The molecule has 0 bridgehead atoms. The molecule has 0 saturated heterocycles. The van der Waals surface area contributed by atoms with Gasteiger partial charge in [-0.05, 0) is 42.3 Å². The first-order chi connectivity index (χ1) is 14.4. The minimum absolute atomic E-state index is 0.183. The van der Waals surface area contributed by atoms with Gasteiger partial charge in [0.15, 0.2) is 0 Å². The number of benzene rings is 2. The number of carboxylic acids is 1. The number of carboxylic acid groups (broad SMARTS) is 1. The molecule has 0 aliphatic heterocycles. The van der Waals surface area contributed by atoms with Crippen LogP contribution in [0.15, 0.2) is 65.7 Å². The number of amides is 1. The first-order valence-electron chi connectivity index (χ1n) is 9.11. The number of hydrogen-bond acceptors (Lipinski definition) is 5. The van der Waals surface area contributed by atoms with Crippen molar-refractivity contribution in [1.29, 1.82) is 0 Å². The average Bonchev–Trinajstić information content (AvgIpc) is 3.08. The zero-order valence-electron chi connectivity index (χ0n) is 16.0. The van der Waals surface area contributed by atoms with Crippen molar-refractivity contribution in [2.45, 2.75) is 13.5 Å². The number of anilines is 1. The molecule has 8 heteroatoms. The Morgan fingerprint density at radius 2 is 1.80 bits per heavy atom. The molecule has 0 unspecified atom stereocenters. The lowest BCUT2D eigenvalue weighted by atomic mass is 10.1. The maximum Gasteiger partial charge on any atom is 0.335 e. The van der Waals surface area contributed by atoms with Crippen LogP contribution in [0.1, 0.15) is 31.2 Å². The van der Waals surface area contributed by atoms with E-state index in [2.05, 4.69) is 10.3 Å². The normalized spacial score (nSPS) is 10.8. The summed E-state index contributed by atoms with van der Waals surface area (Å²) < 4.78 is 1.46. The summed E-state index contributed by atoms with van der Waals surface area (Å²) in [6.45, 7) is 2.00. The van der Waals surface area contributed by atoms with E-state index < -0.39 is 5.97 Å². The van der Waals surface area contributed by atoms with Gasteiger partial charge in [-0.3, -0.25) is 14.2 Å².